The molecule has 4 rings (SSSR count). The predicted octanol–water partition coefficient (Wildman–Crippen LogP) is 8.10. The molecule has 10 heteroatoms. The van der Waals surface area contributed by atoms with E-state index in [0.717, 1.165) is 27.8 Å². The first-order valence-corrected chi connectivity index (χ1v) is 17.1. The van der Waals surface area contributed by atoms with Crippen molar-refractivity contribution in [1.29, 1.82) is 0 Å². The van der Waals surface area contributed by atoms with Gasteiger partial charge in [-0.2, -0.15) is 8.42 Å². The Balaban J connectivity index is 1.58. The fourth-order valence-corrected chi connectivity index (χ4v) is 5.39. The van der Waals surface area contributed by atoms with Crippen molar-refractivity contribution in [3.05, 3.63) is 130 Å². The molecule has 4 aromatic carbocycles. The number of halogens is 2. The lowest BCUT2D eigenvalue weighted by Crippen LogP contribution is -2.28. The molecule has 0 aliphatic carbocycles. The molecule has 47 heavy (non-hydrogen) atoms. The van der Waals surface area contributed by atoms with Gasteiger partial charge in [-0.3, -0.25) is 14.1 Å². The minimum absolute atomic E-state index is 0.00596. The van der Waals surface area contributed by atoms with Crippen molar-refractivity contribution in [3.63, 3.8) is 0 Å². The number of amides is 2. The van der Waals surface area contributed by atoms with Crippen LogP contribution in [0.1, 0.15) is 59.3 Å². The average Bonchev–Trinajstić information content (AvgIpc) is 3.00. The number of allylic oxidation sites excluding steroid dienone is 1. The summed E-state index contributed by atoms with van der Waals surface area (Å²) < 4.78 is 46.2. The molecular weight excluding hydrogens is 639 g/mol. The lowest BCUT2D eigenvalue weighted by molar-refractivity contribution is -0.117. The summed E-state index contributed by atoms with van der Waals surface area (Å²) in [5, 5.41) is 5.83. The highest BCUT2D eigenvalue weighted by Gasteiger charge is 2.23. The molecule has 246 valence electrons. The van der Waals surface area contributed by atoms with Crippen LogP contribution in [0.2, 0.25) is 5.02 Å². The molecule has 0 saturated carbocycles. The monoisotopic (exact) mass is 676 g/mol. The van der Waals surface area contributed by atoms with Gasteiger partial charge in [-0.1, -0.05) is 93.1 Å². The highest BCUT2D eigenvalue weighted by Crippen LogP contribution is 2.31. The second-order valence-electron chi connectivity index (χ2n) is 12.5. The van der Waals surface area contributed by atoms with Gasteiger partial charge in [-0.15, -0.1) is 0 Å². The van der Waals surface area contributed by atoms with Crippen molar-refractivity contribution >= 4 is 45.3 Å². The van der Waals surface area contributed by atoms with E-state index in [1.54, 1.807) is 42.5 Å². The van der Waals surface area contributed by atoms with Crippen molar-refractivity contribution in [1.82, 2.24) is 5.32 Å². The molecule has 0 fully saturated rings. The molecule has 7 nitrogen and oxygen atoms in total. The van der Waals surface area contributed by atoms with Crippen LogP contribution in [0.15, 0.2) is 91.0 Å². The van der Waals surface area contributed by atoms with Crippen LogP contribution in [0.4, 0.5) is 10.1 Å². The van der Waals surface area contributed by atoms with Crippen LogP contribution >= 0.6 is 11.6 Å². The van der Waals surface area contributed by atoms with E-state index in [2.05, 4.69) is 37.5 Å². The van der Waals surface area contributed by atoms with Crippen LogP contribution in [0, 0.1) is 18.2 Å². The second kappa shape index (κ2) is 15.1. The summed E-state index contributed by atoms with van der Waals surface area (Å²) >= 11 is 6.02. The van der Waals surface area contributed by atoms with Crippen LogP contribution < -0.4 is 10.6 Å². The minimum Gasteiger partial charge on any atom is -0.351 e. The van der Waals surface area contributed by atoms with Gasteiger partial charge in [0.15, 0.2) is 0 Å². The normalized spacial score (nSPS) is 12.6. The third-order valence-electron chi connectivity index (χ3n) is 7.46. The highest BCUT2D eigenvalue weighted by atomic mass is 35.5. The number of benzene rings is 4. The molecule has 4 aromatic rings. The summed E-state index contributed by atoms with van der Waals surface area (Å²) in [7, 11) is -4.20. The first-order chi connectivity index (χ1) is 22.1. The van der Waals surface area contributed by atoms with Crippen molar-refractivity contribution in [2.24, 2.45) is 5.41 Å². The molecule has 0 aromatic heterocycles. The summed E-state index contributed by atoms with van der Waals surface area (Å²) in [6.45, 7) is 7.93. The SMILES string of the molecule is Cc1cc(NC(=O)C(Cc2ccc(C(=O)NCCS(=O)(=O)O)cc2)c2ccc(/C=C/C(C)(C)C)cc2)c(F)cc1-c1ccc(Cl)cc1. The first kappa shape index (κ1) is 35.5. The molecule has 0 spiro atoms. The van der Waals surface area contributed by atoms with Crippen molar-refractivity contribution in [3.8, 4) is 11.1 Å². The molecule has 1 atom stereocenters. The zero-order valence-corrected chi connectivity index (χ0v) is 28.3. The Kier molecular flexibility index (Phi) is 11.4. The number of rotatable bonds is 11. The average molecular weight is 677 g/mol. The van der Waals surface area contributed by atoms with Crippen LogP contribution in [-0.4, -0.2) is 37.1 Å². The molecule has 0 aliphatic rings. The zero-order valence-electron chi connectivity index (χ0n) is 26.7. The van der Waals surface area contributed by atoms with Crippen molar-refractivity contribution < 1.29 is 27.0 Å². The van der Waals surface area contributed by atoms with Crippen LogP contribution in [0.25, 0.3) is 17.2 Å². The first-order valence-electron chi connectivity index (χ1n) is 15.1. The standard InChI is InChI=1S/C37H38ClFN2O5S/c1-24-21-34(33(39)23-31(24)27-13-15-30(38)16-14-27)41-36(43)32(28-9-5-25(6-10-28)17-18-37(2,3)4)22-26-7-11-29(12-8-26)35(42)40-19-20-47(44,45)46/h5-18,21,23,32H,19-20,22H2,1-4H3,(H,40,42)(H,41,43)(H,44,45,46)/b18-17+. The molecule has 0 aliphatic heterocycles. The Morgan fingerprint density at radius 1 is 0.957 bits per heavy atom. The summed E-state index contributed by atoms with van der Waals surface area (Å²) in [5.74, 6) is -2.75. The van der Waals surface area contributed by atoms with Crippen molar-refractivity contribution in [2.75, 3.05) is 17.6 Å². The van der Waals surface area contributed by atoms with Gasteiger partial charge in [0.25, 0.3) is 16.0 Å². The maximum absolute atomic E-state index is 15.4. The lowest BCUT2D eigenvalue weighted by atomic mass is 9.89. The fraction of sp³-hybridized carbons (Fsp3) is 0.243. The third kappa shape index (κ3) is 10.6. The zero-order chi connectivity index (χ0) is 34.4. The van der Waals surface area contributed by atoms with Gasteiger partial charge >= 0.3 is 0 Å². The van der Waals surface area contributed by atoms with Gasteiger partial charge in [0.05, 0.1) is 17.4 Å². The van der Waals surface area contributed by atoms with Crippen LogP contribution in [-0.2, 0) is 21.3 Å². The Hall–Kier alpha value is -4.31. The third-order valence-corrected chi connectivity index (χ3v) is 8.43. The second-order valence-corrected chi connectivity index (χ2v) is 14.5. The van der Waals surface area contributed by atoms with E-state index >= 15 is 4.39 Å². The van der Waals surface area contributed by atoms with Gasteiger partial charge in [0.2, 0.25) is 5.91 Å². The Labute approximate surface area is 280 Å². The van der Waals surface area contributed by atoms with Gasteiger partial charge in [-0.25, -0.2) is 4.39 Å². The number of hydrogen-bond donors (Lipinski definition) is 3. The van der Waals surface area contributed by atoms with Gasteiger partial charge in [0, 0.05) is 17.1 Å². The molecule has 3 N–H and O–H groups in total. The van der Waals surface area contributed by atoms with Crippen LogP contribution in [0.5, 0.6) is 0 Å². The largest absolute Gasteiger partial charge is 0.351 e. The number of carbonyl (C=O) groups is 2. The summed E-state index contributed by atoms with van der Waals surface area (Å²) in [5.41, 5.74) is 5.10. The van der Waals surface area contributed by atoms with Gasteiger partial charge < -0.3 is 10.6 Å². The predicted molar refractivity (Wildman–Crippen MR) is 187 cm³/mol. The Bertz CT molecular complexity index is 1870. The van der Waals surface area contributed by atoms with Crippen LogP contribution in [0.3, 0.4) is 0 Å². The topological polar surface area (TPSA) is 113 Å². The fourth-order valence-electron chi connectivity index (χ4n) is 4.91. The molecule has 1 unspecified atom stereocenters. The van der Waals surface area contributed by atoms with E-state index in [-0.39, 0.29) is 24.1 Å². The highest BCUT2D eigenvalue weighted by molar-refractivity contribution is 7.85. The maximum atomic E-state index is 15.4. The van der Waals surface area contributed by atoms with Gasteiger partial charge in [0.1, 0.15) is 5.82 Å². The Morgan fingerprint density at radius 2 is 1.60 bits per heavy atom. The Morgan fingerprint density at radius 3 is 2.19 bits per heavy atom. The quantitative estimate of drug-likeness (QED) is 0.139. The summed E-state index contributed by atoms with van der Waals surface area (Å²) in [4.78, 5) is 26.3. The van der Waals surface area contributed by atoms with E-state index < -0.39 is 39.4 Å². The molecular formula is C37H38ClFN2O5S. The lowest BCUT2D eigenvalue weighted by Gasteiger charge is -2.19. The molecule has 0 radical (unpaired) electrons. The van der Waals surface area contributed by atoms with Gasteiger partial charge in [-0.05, 0) is 88.5 Å². The number of aryl methyl sites for hydroxylation is 1. The van der Waals surface area contributed by atoms with E-state index in [9.17, 15) is 18.0 Å². The van der Waals surface area contributed by atoms with E-state index in [1.165, 1.54) is 6.07 Å². The van der Waals surface area contributed by atoms with E-state index in [1.807, 2.05) is 49.4 Å². The maximum Gasteiger partial charge on any atom is 0.266 e. The molecule has 0 saturated heterocycles. The van der Waals surface area contributed by atoms with E-state index in [0.29, 0.717) is 16.1 Å². The summed E-state index contributed by atoms with van der Waals surface area (Å²) in [6, 6.07) is 24.3. The molecule has 2 amide bonds. The van der Waals surface area contributed by atoms with E-state index in [4.69, 9.17) is 16.2 Å². The molecule has 0 bridgehead atoms. The van der Waals surface area contributed by atoms with Crippen molar-refractivity contribution in [2.45, 2.75) is 40.0 Å². The number of nitrogens with one attached hydrogen (secondary N) is 2. The minimum atomic E-state index is -4.20. The number of carbonyl (C=O) groups excluding carboxylic acids is 2. The number of hydrogen-bond acceptors (Lipinski definition) is 4. The number of anilines is 1. The summed E-state index contributed by atoms with van der Waals surface area (Å²) in [6.07, 6.45) is 4.39. The smallest absolute Gasteiger partial charge is 0.266 e. The molecule has 0 heterocycles.